The van der Waals surface area contributed by atoms with Gasteiger partial charge in [0.2, 0.25) is 0 Å². The fraction of sp³-hybridized carbons (Fsp3) is 0.933. The molecule has 0 aliphatic heterocycles. The fourth-order valence-electron chi connectivity index (χ4n) is 2.63. The molecule has 1 rings (SSSR count). The van der Waals surface area contributed by atoms with E-state index < -0.39 is 5.54 Å². The van der Waals surface area contributed by atoms with Crippen LogP contribution in [0.4, 0.5) is 0 Å². The van der Waals surface area contributed by atoms with Crippen molar-refractivity contribution in [1.82, 2.24) is 5.32 Å². The maximum atomic E-state index is 12.3. The van der Waals surface area contributed by atoms with Gasteiger partial charge in [0.25, 0.3) is 0 Å². The second-order valence-electron chi connectivity index (χ2n) is 5.85. The normalized spacial score (nSPS) is 20.2. The molecule has 0 saturated heterocycles. The Hall–Kier alpha value is -0.570. The van der Waals surface area contributed by atoms with E-state index in [1.807, 2.05) is 6.92 Å². The van der Waals surface area contributed by atoms with Gasteiger partial charge in [-0.15, -0.1) is 0 Å². The zero-order valence-corrected chi connectivity index (χ0v) is 12.3. The van der Waals surface area contributed by atoms with Gasteiger partial charge in [-0.2, -0.15) is 0 Å². The lowest BCUT2D eigenvalue weighted by Gasteiger charge is -2.34. The maximum Gasteiger partial charge on any atom is 0.326 e. The van der Waals surface area contributed by atoms with E-state index in [0.29, 0.717) is 12.5 Å². The topological polar surface area (TPSA) is 38.3 Å². The highest BCUT2D eigenvalue weighted by atomic mass is 16.5. The van der Waals surface area contributed by atoms with Crippen LogP contribution in [0.15, 0.2) is 0 Å². The van der Waals surface area contributed by atoms with E-state index in [9.17, 15) is 4.79 Å². The van der Waals surface area contributed by atoms with E-state index in [1.165, 1.54) is 19.3 Å². The predicted molar refractivity (Wildman–Crippen MR) is 74.5 cm³/mol. The summed E-state index contributed by atoms with van der Waals surface area (Å²) >= 11 is 0. The van der Waals surface area contributed by atoms with Crippen LogP contribution in [-0.4, -0.2) is 24.7 Å². The summed E-state index contributed by atoms with van der Waals surface area (Å²) in [6, 6.07) is 0. The number of carbonyl (C=O) groups is 1. The summed E-state index contributed by atoms with van der Waals surface area (Å²) < 4.78 is 5.31. The number of esters is 1. The summed E-state index contributed by atoms with van der Waals surface area (Å²) in [4.78, 5) is 12.3. The second kappa shape index (κ2) is 7.78. The molecule has 0 spiro atoms. The molecule has 1 aliphatic carbocycles. The fourth-order valence-corrected chi connectivity index (χ4v) is 2.63. The zero-order chi connectivity index (χ0) is 13.4. The number of ether oxygens (including phenoxy) is 1. The minimum absolute atomic E-state index is 0.0347. The summed E-state index contributed by atoms with van der Waals surface area (Å²) in [5, 5.41) is 3.51. The van der Waals surface area contributed by atoms with Crippen molar-refractivity contribution in [1.29, 1.82) is 0 Å². The average Bonchev–Trinajstić information content (AvgIpc) is 2.28. The third kappa shape index (κ3) is 4.60. The predicted octanol–water partition coefficient (Wildman–Crippen LogP) is 3.28. The van der Waals surface area contributed by atoms with Crippen LogP contribution < -0.4 is 5.32 Å². The smallest absolute Gasteiger partial charge is 0.326 e. The Morgan fingerprint density at radius 2 is 1.72 bits per heavy atom. The Balaban J connectivity index is 2.72. The van der Waals surface area contributed by atoms with Gasteiger partial charge in [0.05, 0.1) is 6.61 Å². The zero-order valence-electron chi connectivity index (χ0n) is 12.3. The molecule has 0 amide bonds. The van der Waals surface area contributed by atoms with E-state index in [0.717, 1.165) is 32.2 Å². The quantitative estimate of drug-likeness (QED) is 0.766. The van der Waals surface area contributed by atoms with Gasteiger partial charge in [-0.3, -0.25) is 4.79 Å². The van der Waals surface area contributed by atoms with Gasteiger partial charge in [-0.05, 0) is 32.2 Å². The van der Waals surface area contributed by atoms with Crippen molar-refractivity contribution < 1.29 is 9.53 Å². The first-order valence-electron chi connectivity index (χ1n) is 7.53. The minimum Gasteiger partial charge on any atom is -0.465 e. The van der Waals surface area contributed by atoms with Crippen LogP contribution in [0, 0.1) is 5.92 Å². The summed E-state index contributed by atoms with van der Waals surface area (Å²) in [5.74, 6) is 0.522. The monoisotopic (exact) mass is 255 g/mol. The Bertz CT molecular complexity index is 243. The maximum absolute atomic E-state index is 12.3. The number of carbonyl (C=O) groups excluding carboxylic acids is 1. The first-order chi connectivity index (χ1) is 8.60. The molecule has 0 atom stereocenters. The third-order valence-electron chi connectivity index (χ3n) is 3.72. The molecule has 106 valence electrons. The van der Waals surface area contributed by atoms with E-state index >= 15 is 0 Å². The Morgan fingerprint density at radius 1 is 1.17 bits per heavy atom. The molecule has 0 aromatic rings. The highest BCUT2D eigenvalue weighted by molar-refractivity contribution is 5.80. The van der Waals surface area contributed by atoms with Crippen LogP contribution in [0.2, 0.25) is 0 Å². The largest absolute Gasteiger partial charge is 0.465 e. The van der Waals surface area contributed by atoms with E-state index in [4.69, 9.17) is 4.74 Å². The molecule has 1 N–H and O–H groups in total. The first-order valence-corrected chi connectivity index (χ1v) is 7.53. The molecule has 0 unspecified atom stereocenters. The molecule has 0 aromatic carbocycles. The van der Waals surface area contributed by atoms with Crippen LogP contribution in [0.3, 0.4) is 0 Å². The summed E-state index contributed by atoms with van der Waals surface area (Å²) in [5.41, 5.74) is -0.416. The van der Waals surface area contributed by atoms with Gasteiger partial charge < -0.3 is 10.1 Å². The van der Waals surface area contributed by atoms with Gasteiger partial charge >= 0.3 is 5.97 Å². The molecule has 0 heterocycles. The Morgan fingerprint density at radius 3 is 2.22 bits per heavy atom. The van der Waals surface area contributed by atoms with Crippen molar-refractivity contribution in [3.05, 3.63) is 0 Å². The average molecular weight is 255 g/mol. The van der Waals surface area contributed by atoms with Gasteiger partial charge in [0.1, 0.15) is 5.54 Å². The van der Waals surface area contributed by atoms with Gasteiger partial charge in [-0.25, -0.2) is 0 Å². The molecule has 3 heteroatoms. The second-order valence-corrected chi connectivity index (χ2v) is 5.85. The number of rotatable bonds is 5. The van der Waals surface area contributed by atoms with Gasteiger partial charge in [0.15, 0.2) is 0 Å². The van der Waals surface area contributed by atoms with Gasteiger partial charge in [0, 0.05) is 0 Å². The molecule has 0 aromatic heterocycles. The Kier molecular flexibility index (Phi) is 6.69. The third-order valence-corrected chi connectivity index (χ3v) is 3.72. The SMILES string of the molecule is CCOC(=O)C1(NCC(C)C)CCCCCCC1. The van der Waals surface area contributed by atoms with Crippen molar-refractivity contribution >= 4 is 5.97 Å². The molecule has 0 bridgehead atoms. The number of hydrogen-bond acceptors (Lipinski definition) is 3. The number of nitrogens with one attached hydrogen (secondary N) is 1. The van der Waals surface area contributed by atoms with E-state index in [2.05, 4.69) is 19.2 Å². The van der Waals surface area contributed by atoms with Crippen molar-refractivity contribution in [3.8, 4) is 0 Å². The summed E-state index contributed by atoms with van der Waals surface area (Å²) in [6.45, 7) is 7.60. The van der Waals surface area contributed by atoms with Crippen LogP contribution in [-0.2, 0) is 9.53 Å². The van der Waals surface area contributed by atoms with Gasteiger partial charge in [-0.1, -0.05) is 46.0 Å². The summed E-state index contributed by atoms with van der Waals surface area (Å²) in [6.07, 6.45) is 7.91. The van der Waals surface area contributed by atoms with Crippen LogP contribution in [0.1, 0.15) is 65.7 Å². The first kappa shape index (κ1) is 15.5. The molecule has 1 fully saturated rings. The molecule has 18 heavy (non-hydrogen) atoms. The lowest BCUT2D eigenvalue weighted by molar-refractivity contribution is -0.152. The Labute approximate surface area is 112 Å². The molecule has 0 radical (unpaired) electrons. The highest BCUT2D eigenvalue weighted by Gasteiger charge is 2.38. The summed E-state index contributed by atoms with van der Waals surface area (Å²) in [7, 11) is 0. The standard InChI is InChI=1S/C15H29NO2/c1-4-18-14(17)15(16-12-13(2)3)10-8-6-5-7-9-11-15/h13,16H,4-12H2,1-3H3. The lowest BCUT2D eigenvalue weighted by atomic mass is 9.83. The highest BCUT2D eigenvalue weighted by Crippen LogP contribution is 2.28. The van der Waals surface area contributed by atoms with E-state index in [-0.39, 0.29) is 5.97 Å². The van der Waals surface area contributed by atoms with Crippen molar-refractivity contribution in [2.75, 3.05) is 13.2 Å². The molecular weight excluding hydrogens is 226 g/mol. The van der Waals surface area contributed by atoms with Crippen LogP contribution >= 0.6 is 0 Å². The molecule has 1 aliphatic rings. The molecule has 1 saturated carbocycles. The number of hydrogen-bond donors (Lipinski definition) is 1. The lowest BCUT2D eigenvalue weighted by Crippen LogP contribution is -2.54. The molecular formula is C15H29NO2. The van der Waals surface area contributed by atoms with E-state index in [1.54, 1.807) is 0 Å². The van der Waals surface area contributed by atoms with Crippen LogP contribution in [0.25, 0.3) is 0 Å². The van der Waals surface area contributed by atoms with Crippen molar-refractivity contribution in [3.63, 3.8) is 0 Å². The molecule has 3 nitrogen and oxygen atoms in total. The minimum atomic E-state index is -0.416. The van der Waals surface area contributed by atoms with Crippen molar-refractivity contribution in [2.45, 2.75) is 71.3 Å². The van der Waals surface area contributed by atoms with Crippen LogP contribution in [0.5, 0.6) is 0 Å². The van der Waals surface area contributed by atoms with Crippen molar-refractivity contribution in [2.24, 2.45) is 5.92 Å².